The molecule has 1 aliphatic heterocycles. The molecular formula is C17H22O3. The second kappa shape index (κ2) is 5.49. The van der Waals surface area contributed by atoms with Crippen LogP contribution in [0.5, 0.6) is 11.5 Å². The molecule has 1 heterocycles. The second-order valence-electron chi connectivity index (χ2n) is 5.76. The van der Waals surface area contributed by atoms with Gasteiger partial charge in [0.05, 0.1) is 7.11 Å². The topological polar surface area (TPSA) is 38.7 Å². The van der Waals surface area contributed by atoms with E-state index in [2.05, 4.69) is 13.0 Å². The lowest BCUT2D eigenvalue weighted by Crippen LogP contribution is -2.07. The van der Waals surface area contributed by atoms with Crippen molar-refractivity contribution in [2.45, 2.75) is 51.2 Å². The molecule has 2 aliphatic rings. The van der Waals surface area contributed by atoms with E-state index < -0.39 is 6.10 Å². The van der Waals surface area contributed by atoms with Gasteiger partial charge in [0.1, 0.15) is 23.7 Å². The Bertz CT molecular complexity index is 533. The van der Waals surface area contributed by atoms with E-state index in [1.165, 1.54) is 12.0 Å². The predicted octanol–water partition coefficient (Wildman–Crippen LogP) is 3.55. The molecule has 0 bridgehead atoms. The lowest BCUT2D eigenvalue weighted by atomic mass is 9.90. The fourth-order valence-corrected chi connectivity index (χ4v) is 3.16. The summed E-state index contributed by atoms with van der Waals surface area (Å²) in [5.74, 6) is 1.66. The van der Waals surface area contributed by atoms with Gasteiger partial charge in [0, 0.05) is 17.5 Å². The van der Waals surface area contributed by atoms with E-state index in [9.17, 15) is 5.11 Å². The van der Waals surface area contributed by atoms with Gasteiger partial charge in [-0.3, -0.25) is 0 Å². The number of ether oxygens (including phenoxy) is 2. The van der Waals surface area contributed by atoms with Gasteiger partial charge in [-0.2, -0.15) is 0 Å². The Morgan fingerprint density at radius 2 is 2.20 bits per heavy atom. The number of allylic oxidation sites excluding steroid dienone is 1. The molecule has 0 saturated heterocycles. The zero-order chi connectivity index (χ0) is 14.1. The molecule has 1 aliphatic carbocycles. The predicted molar refractivity (Wildman–Crippen MR) is 78.3 cm³/mol. The largest absolute Gasteiger partial charge is 0.496 e. The minimum atomic E-state index is -0.574. The van der Waals surface area contributed by atoms with E-state index in [-0.39, 0.29) is 6.10 Å². The maximum atomic E-state index is 10.7. The molecule has 0 aromatic heterocycles. The minimum Gasteiger partial charge on any atom is -0.496 e. The van der Waals surface area contributed by atoms with Crippen molar-refractivity contribution in [3.63, 3.8) is 0 Å². The first-order valence-electron chi connectivity index (χ1n) is 7.43. The highest BCUT2D eigenvalue weighted by molar-refractivity contribution is 5.51. The van der Waals surface area contributed by atoms with Crippen LogP contribution in [0.15, 0.2) is 23.8 Å². The molecular weight excluding hydrogens is 252 g/mol. The molecule has 20 heavy (non-hydrogen) atoms. The third-order valence-electron chi connectivity index (χ3n) is 4.22. The number of hydrogen-bond donors (Lipinski definition) is 1. The summed E-state index contributed by atoms with van der Waals surface area (Å²) in [6.07, 6.45) is 7.12. The molecule has 3 heteroatoms. The molecule has 1 aromatic carbocycles. The Morgan fingerprint density at radius 3 is 2.90 bits per heavy atom. The third-order valence-corrected chi connectivity index (χ3v) is 4.22. The molecule has 0 radical (unpaired) electrons. The number of fused-ring (bicyclic) bond motifs is 1. The minimum absolute atomic E-state index is 0.205. The summed E-state index contributed by atoms with van der Waals surface area (Å²) in [5, 5.41) is 10.7. The van der Waals surface area contributed by atoms with Gasteiger partial charge in [0.15, 0.2) is 0 Å². The number of rotatable bonds is 3. The Morgan fingerprint density at radius 1 is 1.35 bits per heavy atom. The molecule has 2 atom stereocenters. The first kappa shape index (κ1) is 13.5. The van der Waals surface area contributed by atoms with Gasteiger partial charge < -0.3 is 14.6 Å². The van der Waals surface area contributed by atoms with Gasteiger partial charge in [-0.05, 0) is 50.3 Å². The van der Waals surface area contributed by atoms with Gasteiger partial charge in [-0.25, -0.2) is 0 Å². The molecule has 0 saturated carbocycles. The van der Waals surface area contributed by atoms with Crippen LogP contribution in [0.2, 0.25) is 0 Å². The standard InChI is InChI=1S/C17H22O3/c1-11-8-13-9-16(19-2)14(10-15(13)20-11)17(18)12-6-4-3-5-7-12/h6,9-11,17-18H,3-5,7-8H2,1-2H3. The average molecular weight is 274 g/mol. The first-order chi connectivity index (χ1) is 9.69. The lowest BCUT2D eigenvalue weighted by Gasteiger charge is -2.21. The summed E-state index contributed by atoms with van der Waals surface area (Å²) in [6.45, 7) is 2.06. The zero-order valence-corrected chi connectivity index (χ0v) is 12.2. The molecule has 1 aromatic rings. The fraction of sp³-hybridized carbons (Fsp3) is 0.529. The third kappa shape index (κ3) is 2.42. The highest BCUT2D eigenvalue weighted by atomic mass is 16.5. The summed E-state index contributed by atoms with van der Waals surface area (Å²) < 4.78 is 11.3. The lowest BCUT2D eigenvalue weighted by molar-refractivity contribution is 0.202. The van der Waals surface area contributed by atoms with Crippen LogP contribution in [0.25, 0.3) is 0 Å². The fourth-order valence-electron chi connectivity index (χ4n) is 3.16. The van der Waals surface area contributed by atoms with Crippen LogP contribution in [0.3, 0.4) is 0 Å². The number of methoxy groups -OCH3 is 1. The Hall–Kier alpha value is -1.48. The van der Waals surface area contributed by atoms with Crippen molar-refractivity contribution < 1.29 is 14.6 Å². The smallest absolute Gasteiger partial charge is 0.125 e. The summed E-state index contributed by atoms with van der Waals surface area (Å²) in [6, 6.07) is 3.97. The van der Waals surface area contributed by atoms with Gasteiger partial charge in [0.2, 0.25) is 0 Å². The molecule has 2 unspecified atom stereocenters. The van der Waals surface area contributed by atoms with Crippen molar-refractivity contribution in [1.29, 1.82) is 0 Å². The van der Waals surface area contributed by atoms with Crippen molar-refractivity contribution in [2.24, 2.45) is 0 Å². The van der Waals surface area contributed by atoms with Crippen LogP contribution < -0.4 is 9.47 Å². The van der Waals surface area contributed by atoms with Crippen LogP contribution in [-0.4, -0.2) is 18.3 Å². The van der Waals surface area contributed by atoms with Crippen LogP contribution in [0.1, 0.15) is 49.8 Å². The van der Waals surface area contributed by atoms with Gasteiger partial charge in [0.25, 0.3) is 0 Å². The van der Waals surface area contributed by atoms with E-state index in [0.717, 1.165) is 48.3 Å². The van der Waals surface area contributed by atoms with E-state index in [0.29, 0.717) is 0 Å². The first-order valence-corrected chi connectivity index (χ1v) is 7.43. The highest BCUT2D eigenvalue weighted by Crippen LogP contribution is 2.40. The van der Waals surface area contributed by atoms with Crippen LogP contribution in [0, 0.1) is 0 Å². The van der Waals surface area contributed by atoms with E-state index >= 15 is 0 Å². The van der Waals surface area contributed by atoms with E-state index in [4.69, 9.17) is 9.47 Å². The molecule has 0 amide bonds. The molecule has 3 nitrogen and oxygen atoms in total. The van der Waals surface area contributed by atoms with Gasteiger partial charge in [-0.15, -0.1) is 0 Å². The Balaban J connectivity index is 1.96. The average Bonchev–Trinajstić information content (AvgIpc) is 2.85. The summed E-state index contributed by atoms with van der Waals surface area (Å²) in [4.78, 5) is 0. The van der Waals surface area contributed by atoms with E-state index in [1.54, 1.807) is 7.11 Å². The van der Waals surface area contributed by atoms with Gasteiger partial charge >= 0.3 is 0 Å². The molecule has 0 spiro atoms. The normalized spacial score (nSPS) is 22.8. The monoisotopic (exact) mass is 274 g/mol. The SMILES string of the molecule is COc1cc2c(cc1C(O)C1=CCCCC1)OC(C)C2. The van der Waals surface area contributed by atoms with Crippen molar-refractivity contribution in [3.8, 4) is 11.5 Å². The van der Waals surface area contributed by atoms with Crippen molar-refractivity contribution in [3.05, 3.63) is 34.9 Å². The van der Waals surface area contributed by atoms with Crippen molar-refractivity contribution >= 4 is 0 Å². The maximum Gasteiger partial charge on any atom is 0.125 e. The van der Waals surface area contributed by atoms with E-state index in [1.807, 2.05) is 12.1 Å². The number of benzene rings is 1. The molecule has 0 fully saturated rings. The number of aliphatic hydroxyl groups is 1. The summed E-state index contributed by atoms with van der Waals surface area (Å²) >= 11 is 0. The highest BCUT2D eigenvalue weighted by Gasteiger charge is 2.25. The quantitative estimate of drug-likeness (QED) is 0.857. The van der Waals surface area contributed by atoms with Crippen LogP contribution >= 0.6 is 0 Å². The summed E-state index contributed by atoms with van der Waals surface area (Å²) in [7, 11) is 1.66. The summed E-state index contributed by atoms with van der Waals surface area (Å²) in [5.41, 5.74) is 3.11. The zero-order valence-electron chi connectivity index (χ0n) is 12.2. The van der Waals surface area contributed by atoms with Crippen molar-refractivity contribution in [1.82, 2.24) is 0 Å². The van der Waals surface area contributed by atoms with Crippen LogP contribution in [-0.2, 0) is 6.42 Å². The second-order valence-corrected chi connectivity index (χ2v) is 5.76. The molecule has 108 valence electrons. The number of aliphatic hydroxyl groups excluding tert-OH is 1. The van der Waals surface area contributed by atoms with Crippen molar-refractivity contribution in [2.75, 3.05) is 7.11 Å². The Kier molecular flexibility index (Phi) is 3.70. The van der Waals surface area contributed by atoms with Crippen LogP contribution in [0.4, 0.5) is 0 Å². The maximum absolute atomic E-state index is 10.7. The molecule has 3 rings (SSSR count). The van der Waals surface area contributed by atoms with Gasteiger partial charge in [-0.1, -0.05) is 6.08 Å². The number of hydrogen-bond acceptors (Lipinski definition) is 3. The Labute approximate surface area is 120 Å². The molecule has 1 N–H and O–H groups in total.